The highest BCUT2D eigenvalue weighted by molar-refractivity contribution is 7.18. The maximum Gasteiger partial charge on any atom is 0.350 e. The second-order valence-electron chi connectivity index (χ2n) is 10.8. The Morgan fingerprint density at radius 1 is 0.737 bits per heavy atom. The van der Waals surface area contributed by atoms with E-state index in [0.29, 0.717) is 0 Å². The van der Waals surface area contributed by atoms with E-state index in [1.54, 1.807) is 0 Å². The molecule has 0 atom stereocenters. The molecule has 0 spiro atoms. The van der Waals surface area contributed by atoms with E-state index < -0.39 is 15.6 Å². The van der Waals surface area contributed by atoms with Crippen LogP contribution in [0.4, 0.5) is 0 Å². The summed E-state index contributed by atoms with van der Waals surface area (Å²) in [5.74, 6) is 1.38. The monoisotopic (exact) mass is 658 g/mol. The van der Waals surface area contributed by atoms with Gasteiger partial charge in [0.1, 0.15) is 28.7 Å². The van der Waals surface area contributed by atoms with Crippen LogP contribution in [-0.4, -0.2) is 136 Å². The second-order valence-corrected chi connectivity index (χ2v) is 23.7. The summed E-state index contributed by atoms with van der Waals surface area (Å²) in [5.41, 5.74) is 0. The van der Waals surface area contributed by atoms with Crippen LogP contribution in [-0.2, 0) is 0 Å². The molecule has 0 aliphatic carbocycles. The lowest BCUT2D eigenvalue weighted by Crippen LogP contribution is -3.00. The van der Waals surface area contributed by atoms with E-state index >= 15 is 0 Å². The van der Waals surface area contributed by atoms with E-state index in [1.165, 1.54) is 19.0 Å². The van der Waals surface area contributed by atoms with Gasteiger partial charge in [0.25, 0.3) is 0 Å². The van der Waals surface area contributed by atoms with Gasteiger partial charge in [-0.2, -0.15) is 11.1 Å². The zero-order chi connectivity index (χ0) is 27.3. The summed E-state index contributed by atoms with van der Waals surface area (Å²) in [6.07, 6.45) is 0. The molecule has 0 amide bonds. The van der Waals surface area contributed by atoms with Crippen LogP contribution < -0.4 is 24.8 Å². The number of likely N-dealkylation sites (N-methyl/N-ethyl adjacent to an activating group) is 4. The van der Waals surface area contributed by atoms with Crippen molar-refractivity contribution in [3.63, 3.8) is 0 Å². The molecule has 2 aliphatic rings. The molecule has 0 aromatic rings. The van der Waals surface area contributed by atoms with Gasteiger partial charge < -0.3 is 29.4 Å². The summed E-state index contributed by atoms with van der Waals surface area (Å²) in [5, 5.41) is 0.852. The Balaban J connectivity index is -0.0000000900. The summed E-state index contributed by atoms with van der Waals surface area (Å²) in [7, 11) is 6.22. The Morgan fingerprint density at radius 2 is 1.08 bits per heavy atom. The molecule has 2 rings (SSSR count). The van der Waals surface area contributed by atoms with Crippen molar-refractivity contribution in [1.82, 2.24) is 19.3 Å². The van der Waals surface area contributed by atoms with E-state index in [2.05, 4.69) is 100 Å². The third kappa shape index (κ3) is 23.0. The summed E-state index contributed by atoms with van der Waals surface area (Å²) in [6.45, 7) is 31.4. The second kappa shape index (κ2) is 25.0. The molecule has 0 radical (unpaired) electrons. The first kappa shape index (κ1) is 51.1. The van der Waals surface area contributed by atoms with E-state index in [0.717, 1.165) is 44.6 Å². The van der Waals surface area contributed by atoms with Crippen LogP contribution in [0.2, 0.25) is 39.3 Å². The van der Waals surface area contributed by atoms with Gasteiger partial charge in [-0.05, 0) is 26.9 Å². The Bertz CT molecular complexity index is 624. The van der Waals surface area contributed by atoms with Crippen LogP contribution in [0.3, 0.4) is 0 Å². The minimum atomic E-state index is -1.14. The minimum Gasteiger partial charge on any atom is -1.00 e. The van der Waals surface area contributed by atoms with Gasteiger partial charge in [-0.25, -0.2) is 0 Å². The average Bonchev–Trinajstić information content (AvgIpc) is 3.19. The highest BCUT2D eigenvalue weighted by Gasteiger charge is 2.28. The van der Waals surface area contributed by atoms with E-state index in [4.69, 9.17) is 22.7 Å². The van der Waals surface area contributed by atoms with Crippen LogP contribution in [0.15, 0.2) is 0 Å². The van der Waals surface area contributed by atoms with Crippen molar-refractivity contribution in [3.05, 3.63) is 0 Å². The van der Waals surface area contributed by atoms with Gasteiger partial charge in [0.2, 0.25) is 0 Å². The number of hydrogen-bond donors (Lipinski definition) is 0. The van der Waals surface area contributed by atoms with Crippen molar-refractivity contribution in [2.45, 2.75) is 81.8 Å². The fourth-order valence-corrected chi connectivity index (χ4v) is 5.80. The number of amidine groups is 1. The normalized spacial score (nSPS) is 14.4. The van der Waals surface area contributed by atoms with Crippen LogP contribution in [0.5, 0.6) is 0 Å². The standard InChI is InChI=1S/C9H20N3.C7H19NSi.C5H10ClN2.C3H9ClSi.2CH4.2ClH/c1-5-12(6-2)9-10(3)7-8-11(9)4;1-6-8(7-2)9(3,4)5;1-7-3-4-8(2)5(7)6;1-5(2,3)4;;;;/h5-8H2,1-4H3;6-7H2,1-5H3;3-4H2,1-2H3;1-3H3;2*1H4;2*1H/q+1;;+1;;;;;/p-2. The summed E-state index contributed by atoms with van der Waals surface area (Å²) < 4.78 is 6.93. The molecule has 0 saturated carbocycles. The molecule has 6 nitrogen and oxygen atoms in total. The van der Waals surface area contributed by atoms with E-state index in [1.807, 2.05) is 23.6 Å². The first-order valence-corrected chi connectivity index (χ1v) is 21.2. The quantitative estimate of drug-likeness (QED) is 0.178. The fraction of sp³-hybridized carbons (Fsp3) is 0.923. The highest BCUT2D eigenvalue weighted by Crippen LogP contribution is 2.07. The van der Waals surface area contributed by atoms with E-state index in [9.17, 15) is 0 Å². The van der Waals surface area contributed by atoms with Crippen molar-refractivity contribution < 1.29 is 34.0 Å². The summed E-state index contributed by atoms with van der Waals surface area (Å²) in [6, 6.07) is 0. The van der Waals surface area contributed by atoms with Crippen LogP contribution in [0.1, 0.15) is 42.5 Å². The maximum atomic E-state index is 5.78. The van der Waals surface area contributed by atoms with Gasteiger partial charge in [0.15, 0.2) is 0 Å². The van der Waals surface area contributed by atoms with Gasteiger partial charge in [0, 0.05) is 11.6 Å². The first-order valence-electron chi connectivity index (χ1n) is 12.9. The third-order valence-electron chi connectivity index (χ3n) is 5.61. The van der Waals surface area contributed by atoms with E-state index in [-0.39, 0.29) is 39.7 Å². The SMILES string of the molecule is C.C.CCN(CC)C1=[N+](C)CCN1C.CCN(CC)[Si](C)(C)C.CN1CC[N+](C)=C1Cl.C[Si](C)(C)Cl.[Cl-].[Cl-]. The number of hydrogen-bond acceptors (Lipinski definition) is 4. The van der Waals surface area contributed by atoms with Gasteiger partial charge in [-0.1, -0.05) is 68.0 Å². The maximum absolute atomic E-state index is 5.78. The molecule has 0 N–H and O–H groups in total. The molecular formula is C26H66Cl4N6Si2. The van der Waals surface area contributed by atoms with Gasteiger partial charge >= 0.3 is 11.3 Å². The molecule has 38 heavy (non-hydrogen) atoms. The average molecular weight is 661 g/mol. The Labute approximate surface area is 264 Å². The molecule has 2 aliphatic heterocycles. The largest absolute Gasteiger partial charge is 1.00 e. The highest BCUT2D eigenvalue weighted by atomic mass is 35.6. The predicted molar refractivity (Wildman–Crippen MR) is 175 cm³/mol. The lowest BCUT2D eigenvalue weighted by molar-refractivity contribution is -0.491. The zero-order valence-electron chi connectivity index (χ0n) is 25.9. The van der Waals surface area contributed by atoms with Crippen molar-refractivity contribution in [2.75, 3.05) is 80.5 Å². The van der Waals surface area contributed by atoms with Crippen molar-refractivity contribution in [1.29, 1.82) is 0 Å². The zero-order valence-corrected chi connectivity index (χ0v) is 30.9. The predicted octanol–water partition coefficient (Wildman–Crippen LogP) is -0.0558. The molecular weight excluding hydrogens is 594 g/mol. The van der Waals surface area contributed by atoms with Gasteiger partial charge in [-0.3, -0.25) is 23.9 Å². The minimum absolute atomic E-state index is 0. The smallest absolute Gasteiger partial charge is 0.350 e. The lowest BCUT2D eigenvalue weighted by Gasteiger charge is -2.31. The Morgan fingerprint density at radius 3 is 1.21 bits per heavy atom. The van der Waals surface area contributed by atoms with Gasteiger partial charge in [-0.15, -0.1) is 0 Å². The summed E-state index contributed by atoms with van der Waals surface area (Å²) in [4.78, 5) is 6.75. The third-order valence-corrected chi connectivity index (χ3v) is 8.72. The topological polar surface area (TPSA) is 19.0 Å². The first-order chi connectivity index (χ1) is 15.4. The molecule has 0 saturated heterocycles. The summed E-state index contributed by atoms with van der Waals surface area (Å²) >= 11 is 11.5. The molecule has 236 valence electrons. The molecule has 12 heteroatoms. The number of guanidine groups is 1. The molecule has 0 aromatic carbocycles. The molecule has 0 unspecified atom stereocenters. The van der Waals surface area contributed by atoms with Gasteiger partial charge in [0.05, 0.1) is 54.4 Å². The van der Waals surface area contributed by atoms with Crippen molar-refractivity contribution in [3.8, 4) is 0 Å². The molecule has 0 bridgehead atoms. The van der Waals surface area contributed by atoms with Crippen LogP contribution in [0, 0.1) is 0 Å². The number of rotatable bonds is 5. The Hall–Kier alpha value is 0.294. The number of halogens is 4. The molecule has 2 heterocycles. The van der Waals surface area contributed by atoms with Crippen LogP contribution >= 0.6 is 22.7 Å². The molecule has 0 fully saturated rings. The lowest BCUT2D eigenvalue weighted by atomic mass is 10.5. The van der Waals surface area contributed by atoms with Crippen LogP contribution in [0.25, 0.3) is 0 Å². The van der Waals surface area contributed by atoms with Crippen molar-refractivity contribution in [2.24, 2.45) is 0 Å². The Kier molecular flexibility index (Phi) is 33.7. The van der Waals surface area contributed by atoms with Crippen molar-refractivity contribution >= 4 is 49.6 Å². The molecule has 0 aromatic heterocycles. The number of nitrogens with zero attached hydrogens (tertiary/aromatic N) is 6. The fourth-order valence-electron chi connectivity index (χ4n) is 3.73.